The van der Waals surface area contributed by atoms with Crippen LogP contribution in [-0.2, 0) is 18.4 Å². The number of hydrogen-bond donors (Lipinski definition) is 3. The van der Waals surface area contributed by atoms with Crippen LogP contribution in [0.15, 0.2) is 0 Å². The van der Waals surface area contributed by atoms with Crippen LogP contribution in [0.5, 0.6) is 0 Å². The number of phosphoric acid groups is 1. The molecule has 0 aliphatic heterocycles. The van der Waals surface area contributed by atoms with Crippen molar-refractivity contribution in [3.8, 4) is 0 Å². The van der Waals surface area contributed by atoms with Crippen molar-refractivity contribution in [1.82, 2.24) is 16.4 Å². The SMILES string of the molecule is CCCCCCCCCCCCNOP(=O)(ONCCCCCCCCCCCC)ONCCCCCCCCCCCC. The fraction of sp³-hybridized carbons (Fsp3) is 1.00. The lowest BCUT2D eigenvalue weighted by Gasteiger charge is -2.18. The second kappa shape index (κ2) is 37.4. The highest BCUT2D eigenvalue weighted by Crippen LogP contribution is 2.46. The number of nitrogens with one attached hydrogen (secondary N) is 3. The first-order valence-electron chi connectivity index (χ1n) is 19.5. The number of rotatable bonds is 39. The zero-order valence-electron chi connectivity index (χ0n) is 29.9. The zero-order valence-corrected chi connectivity index (χ0v) is 30.8. The molecule has 44 heavy (non-hydrogen) atoms. The summed E-state index contributed by atoms with van der Waals surface area (Å²) in [6.07, 6.45) is 38.3. The van der Waals surface area contributed by atoms with Crippen LogP contribution in [0.2, 0.25) is 0 Å². The standard InChI is InChI=1S/C36H78N3O4P/c1-4-7-10-13-16-19-22-25-28-31-34-37-41-44(40,42-38-35-32-29-26-23-20-17-14-11-8-5-2)43-39-36-33-30-27-24-21-18-15-12-9-6-3/h37-39H,4-36H2,1-3H3. The van der Waals surface area contributed by atoms with Crippen molar-refractivity contribution in [1.29, 1.82) is 0 Å². The van der Waals surface area contributed by atoms with Crippen molar-refractivity contribution in [3.05, 3.63) is 0 Å². The summed E-state index contributed by atoms with van der Waals surface area (Å²) < 4.78 is 29.5. The molecule has 3 N–H and O–H groups in total. The van der Waals surface area contributed by atoms with E-state index < -0.39 is 7.82 Å². The first-order chi connectivity index (χ1) is 21.7. The third-order valence-electron chi connectivity index (χ3n) is 8.43. The molecule has 0 aliphatic carbocycles. The lowest BCUT2D eigenvalue weighted by Crippen LogP contribution is -2.25. The van der Waals surface area contributed by atoms with Crippen molar-refractivity contribution in [2.24, 2.45) is 0 Å². The van der Waals surface area contributed by atoms with Gasteiger partial charge in [0.25, 0.3) is 0 Å². The molecule has 0 unspecified atom stereocenters. The van der Waals surface area contributed by atoms with E-state index in [-0.39, 0.29) is 0 Å². The average molecular weight is 648 g/mol. The van der Waals surface area contributed by atoms with E-state index in [9.17, 15) is 4.57 Å². The minimum Gasteiger partial charge on any atom is -0.223 e. The van der Waals surface area contributed by atoms with E-state index in [1.54, 1.807) is 0 Å². The van der Waals surface area contributed by atoms with Gasteiger partial charge in [0.1, 0.15) is 0 Å². The van der Waals surface area contributed by atoms with Gasteiger partial charge in [-0.25, -0.2) is 4.57 Å². The van der Waals surface area contributed by atoms with E-state index >= 15 is 0 Å². The summed E-state index contributed by atoms with van der Waals surface area (Å²) in [5.41, 5.74) is 8.53. The summed E-state index contributed by atoms with van der Waals surface area (Å²) in [7, 11) is -3.79. The Labute approximate surface area is 275 Å². The third-order valence-corrected chi connectivity index (χ3v) is 9.48. The normalized spacial score (nSPS) is 12.0. The van der Waals surface area contributed by atoms with Crippen LogP contribution in [0.1, 0.15) is 213 Å². The predicted molar refractivity (Wildman–Crippen MR) is 190 cm³/mol. The summed E-state index contributed by atoms with van der Waals surface area (Å²) in [5.74, 6) is 0. The van der Waals surface area contributed by atoms with Crippen molar-refractivity contribution in [2.45, 2.75) is 213 Å². The molecule has 266 valence electrons. The maximum atomic E-state index is 13.2. The van der Waals surface area contributed by atoms with Crippen molar-refractivity contribution in [2.75, 3.05) is 19.6 Å². The van der Waals surface area contributed by atoms with Crippen LogP contribution in [0.25, 0.3) is 0 Å². The van der Waals surface area contributed by atoms with E-state index in [0.29, 0.717) is 19.6 Å². The van der Waals surface area contributed by atoms with Gasteiger partial charge in [0.15, 0.2) is 0 Å². The molecule has 0 aromatic heterocycles. The van der Waals surface area contributed by atoms with Gasteiger partial charge in [0.2, 0.25) is 0 Å². The number of hydrogen-bond acceptors (Lipinski definition) is 7. The number of unbranched alkanes of at least 4 members (excludes halogenated alkanes) is 27. The van der Waals surface area contributed by atoms with Crippen molar-refractivity contribution >= 4 is 7.82 Å². The van der Waals surface area contributed by atoms with Gasteiger partial charge in [-0.1, -0.05) is 194 Å². The maximum Gasteiger partial charge on any atom is 0.524 e. The van der Waals surface area contributed by atoms with Gasteiger partial charge in [0.05, 0.1) is 0 Å². The zero-order chi connectivity index (χ0) is 32.1. The molecule has 7 nitrogen and oxygen atoms in total. The molecular weight excluding hydrogens is 569 g/mol. The molecule has 8 heteroatoms. The lowest BCUT2D eigenvalue weighted by molar-refractivity contribution is 0.0153. The third kappa shape index (κ3) is 34.9. The monoisotopic (exact) mass is 648 g/mol. The topological polar surface area (TPSA) is 80.9 Å². The Kier molecular flexibility index (Phi) is 37.4. The van der Waals surface area contributed by atoms with Crippen LogP contribution in [0, 0.1) is 0 Å². The van der Waals surface area contributed by atoms with Crippen LogP contribution >= 0.6 is 7.82 Å². The molecule has 0 radical (unpaired) electrons. The molecule has 0 aromatic rings. The first-order valence-corrected chi connectivity index (χ1v) is 21.0. The Bertz CT molecular complexity index is 510. The molecule has 0 aliphatic rings. The highest BCUT2D eigenvalue weighted by Gasteiger charge is 2.28. The Balaban J connectivity index is 4.07. The molecule has 0 heterocycles. The average Bonchev–Trinajstić information content (AvgIpc) is 3.02. The summed E-state index contributed by atoms with van der Waals surface area (Å²) in [5, 5.41) is 0. The Morgan fingerprint density at radius 3 is 0.705 bits per heavy atom. The highest BCUT2D eigenvalue weighted by atomic mass is 31.2. The second-order valence-corrected chi connectivity index (χ2v) is 14.4. The fourth-order valence-corrected chi connectivity index (χ4v) is 6.34. The van der Waals surface area contributed by atoms with E-state index in [4.69, 9.17) is 13.9 Å². The van der Waals surface area contributed by atoms with Gasteiger partial charge < -0.3 is 0 Å². The number of hydroxylamine groups is 3. The van der Waals surface area contributed by atoms with Gasteiger partial charge in [-0.3, -0.25) is 0 Å². The van der Waals surface area contributed by atoms with Gasteiger partial charge in [0, 0.05) is 19.6 Å². The minimum atomic E-state index is -3.79. The van der Waals surface area contributed by atoms with Crippen molar-refractivity contribution < 1.29 is 18.4 Å². The minimum absolute atomic E-state index is 0.629. The first kappa shape index (κ1) is 44.0. The van der Waals surface area contributed by atoms with Gasteiger partial charge in [-0.15, -0.1) is 0 Å². The Morgan fingerprint density at radius 2 is 0.500 bits per heavy atom. The maximum absolute atomic E-state index is 13.2. The molecule has 0 saturated heterocycles. The van der Waals surface area contributed by atoms with E-state index in [2.05, 4.69) is 37.2 Å². The second-order valence-electron chi connectivity index (χ2n) is 13.0. The van der Waals surface area contributed by atoms with Crippen LogP contribution in [0.3, 0.4) is 0 Å². The van der Waals surface area contributed by atoms with E-state index in [1.165, 1.54) is 154 Å². The van der Waals surface area contributed by atoms with Crippen LogP contribution in [-0.4, -0.2) is 19.6 Å². The van der Waals surface area contributed by atoms with Crippen LogP contribution < -0.4 is 16.4 Å². The molecule has 0 rings (SSSR count). The van der Waals surface area contributed by atoms with Crippen LogP contribution in [0.4, 0.5) is 0 Å². The van der Waals surface area contributed by atoms with E-state index in [1.807, 2.05) is 0 Å². The van der Waals surface area contributed by atoms with Gasteiger partial charge >= 0.3 is 7.82 Å². The smallest absolute Gasteiger partial charge is 0.223 e. The molecule has 0 bridgehead atoms. The molecule has 0 spiro atoms. The Hall–Kier alpha value is -0.0100. The summed E-state index contributed by atoms with van der Waals surface area (Å²) in [6, 6.07) is 0. The molecule has 0 fully saturated rings. The summed E-state index contributed by atoms with van der Waals surface area (Å²) in [6.45, 7) is 8.68. The summed E-state index contributed by atoms with van der Waals surface area (Å²) in [4.78, 5) is 0. The Morgan fingerprint density at radius 1 is 0.318 bits per heavy atom. The largest absolute Gasteiger partial charge is 0.524 e. The molecule has 0 amide bonds. The molecule has 0 saturated carbocycles. The van der Waals surface area contributed by atoms with Gasteiger partial charge in [-0.2, -0.15) is 30.3 Å². The van der Waals surface area contributed by atoms with Gasteiger partial charge in [-0.05, 0) is 19.3 Å². The lowest BCUT2D eigenvalue weighted by atomic mass is 10.1. The quantitative estimate of drug-likeness (QED) is 0.0348. The highest BCUT2D eigenvalue weighted by molar-refractivity contribution is 7.48. The predicted octanol–water partition coefficient (Wildman–Crippen LogP) is 12.4. The molecule has 0 atom stereocenters. The molecular formula is C36H78N3O4P. The summed E-state index contributed by atoms with van der Waals surface area (Å²) >= 11 is 0. The fourth-order valence-electron chi connectivity index (χ4n) is 5.48. The molecule has 0 aromatic carbocycles. The van der Waals surface area contributed by atoms with E-state index in [0.717, 1.165) is 38.5 Å². The van der Waals surface area contributed by atoms with Crippen molar-refractivity contribution in [3.63, 3.8) is 0 Å².